The van der Waals surface area contributed by atoms with E-state index in [0.29, 0.717) is 26.2 Å². The fourth-order valence-electron chi connectivity index (χ4n) is 2.68. The highest BCUT2D eigenvalue weighted by atomic mass is 32.1. The van der Waals surface area contributed by atoms with Gasteiger partial charge in [-0.1, -0.05) is 18.2 Å². The molecule has 0 bridgehead atoms. The molecule has 0 spiro atoms. The van der Waals surface area contributed by atoms with E-state index in [1.54, 1.807) is 39.0 Å². The normalized spacial score (nSPS) is 10.9. The Morgan fingerprint density at radius 3 is 2.81 bits per heavy atom. The van der Waals surface area contributed by atoms with Crippen LogP contribution in [0.3, 0.4) is 0 Å². The summed E-state index contributed by atoms with van der Waals surface area (Å²) in [5.41, 5.74) is 1.60. The second-order valence-electron chi connectivity index (χ2n) is 6.14. The zero-order valence-corrected chi connectivity index (χ0v) is 15.5. The van der Waals surface area contributed by atoms with Crippen LogP contribution in [0, 0.1) is 18.3 Å². The average molecular weight is 367 g/mol. The van der Waals surface area contributed by atoms with E-state index in [-0.39, 0.29) is 18.2 Å². The minimum atomic E-state index is -0.443. The number of nitriles is 1. The van der Waals surface area contributed by atoms with Crippen LogP contribution >= 0.6 is 11.3 Å². The van der Waals surface area contributed by atoms with Gasteiger partial charge in [0.2, 0.25) is 0 Å². The molecule has 0 saturated carbocycles. The molecule has 6 nitrogen and oxygen atoms in total. The lowest BCUT2D eigenvalue weighted by Crippen LogP contribution is -2.21. The zero-order chi connectivity index (χ0) is 18.8. The maximum absolute atomic E-state index is 12.9. The number of carbonyl (C=O) groups is 1. The van der Waals surface area contributed by atoms with E-state index in [2.05, 4.69) is 11.1 Å². The van der Waals surface area contributed by atoms with Crippen molar-refractivity contribution in [2.45, 2.75) is 33.4 Å². The SMILES string of the molecule is Cc1c(C(=O)OC(C)C)sc2ncn(Cc3ccccc3C#N)c(=O)c12. The first-order chi connectivity index (χ1) is 12.4. The Bertz CT molecular complexity index is 1090. The minimum absolute atomic E-state index is 0.236. The number of rotatable bonds is 4. The lowest BCUT2D eigenvalue weighted by atomic mass is 10.1. The van der Waals surface area contributed by atoms with Gasteiger partial charge >= 0.3 is 5.97 Å². The van der Waals surface area contributed by atoms with Gasteiger partial charge in [-0.2, -0.15) is 5.26 Å². The van der Waals surface area contributed by atoms with Crippen molar-refractivity contribution in [1.29, 1.82) is 5.26 Å². The van der Waals surface area contributed by atoms with E-state index < -0.39 is 5.97 Å². The Balaban J connectivity index is 2.06. The van der Waals surface area contributed by atoms with Crippen molar-refractivity contribution >= 4 is 27.5 Å². The standard InChI is InChI=1S/C19H17N3O3S/c1-11(2)25-19(24)16-12(3)15-17(26-16)21-10-22(18(15)23)9-14-7-5-4-6-13(14)8-20/h4-7,10-11H,9H2,1-3H3. The maximum Gasteiger partial charge on any atom is 0.348 e. The number of fused-ring (bicyclic) bond motifs is 1. The number of aromatic nitrogens is 2. The van der Waals surface area contributed by atoms with E-state index in [1.165, 1.54) is 10.9 Å². The van der Waals surface area contributed by atoms with Gasteiger partial charge in [-0.25, -0.2) is 9.78 Å². The zero-order valence-electron chi connectivity index (χ0n) is 14.6. The smallest absolute Gasteiger partial charge is 0.348 e. The summed E-state index contributed by atoms with van der Waals surface area (Å²) in [6.45, 7) is 5.52. The molecule has 0 atom stereocenters. The molecule has 0 aliphatic rings. The van der Waals surface area contributed by atoms with Gasteiger partial charge in [0.05, 0.1) is 36.0 Å². The second kappa shape index (κ2) is 7.10. The molecule has 0 N–H and O–H groups in total. The number of hydrogen-bond acceptors (Lipinski definition) is 6. The van der Waals surface area contributed by atoms with Crippen molar-refractivity contribution in [3.63, 3.8) is 0 Å². The van der Waals surface area contributed by atoms with Crippen LogP contribution in [0.5, 0.6) is 0 Å². The molecule has 1 aromatic carbocycles. The highest BCUT2D eigenvalue weighted by Crippen LogP contribution is 2.27. The van der Waals surface area contributed by atoms with Gasteiger partial charge < -0.3 is 4.74 Å². The highest BCUT2D eigenvalue weighted by Gasteiger charge is 2.21. The molecule has 3 aromatic rings. The van der Waals surface area contributed by atoms with Crippen molar-refractivity contribution in [2.75, 3.05) is 0 Å². The minimum Gasteiger partial charge on any atom is -0.459 e. The van der Waals surface area contributed by atoms with Crippen molar-refractivity contribution in [3.8, 4) is 6.07 Å². The van der Waals surface area contributed by atoms with E-state index in [1.807, 2.05) is 6.07 Å². The molecular formula is C19H17N3O3S. The molecule has 2 heterocycles. The Morgan fingerprint density at radius 2 is 2.12 bits per heavy atom. The molecule has 0 aliphatic carbocycles. The second-order valence-corrected chi connectivity index (χ2v) is 7.14. The summed E-state index contributed by atoms with van der Waals surface area (Å²) in [6.07, 6.45) is 1.21. The third kappa shape index (κ3) is 3.24. The Hall–Kier alpha value is -2.98. The van der Waals surface area contributed by atoms with Gasteiger partial charge in [0.25, 0.3) is 5.56 Å². The largest absolute Gasteiger partial charge is 0.459 e. The number of thiophene rings is 1. The molecule has 26 heavy (non-hydrogen) atoms. The molecule has 0 fully saturated rings. The summed E-state index contributed by atoms with van der Waals surface area (Å²) < 4.78 is 6.70. The summed E-state index contributed by atoms with van der Waals surface area (Å²) in [5, 5.41) is 9.63. The maximum atomic E-state index is 12.9. The third-order valence-electron chi connectivity index (χ3n) is 3.92. The van der Waals surface area contributed by atoms with Crippen LogP contribution in [0.4, 0.5) is 0 Å². The summed E-state index contributed by atoms with van der Waals surface area (Å²) in [5.74, 6) is -0.443. The fourth-order valence-corrected chi connectivity index (χ4v) is 3.71. The van der Waals surface area contributed by atoms with Crippen LogP contribution in [-0.2, 0) is 11.3 Å². The molecule has 0 radical (unpaired) electrons. The molecular weight excluding hydrogens is 350 g/mol. The molecule has 0 amide bonds. The average Bonchev–Trinajstić information content (AvgIpc) is 2.95. The summed E-state index contributed by atoms with van der Waals surface area (Å²) in [4.78, 5) is 30.4. The number of esters is 1. The summed E-state index contributed by atoms with van der Waals surface area (Å²) in [7, 11) is 0. The van der Waals surface area contributed by atoms with Gasteiger partial charge in [0.15, 0.2) is 0 Å². The van der Waals surface area contributed by atoms with Crippen LogP contribution in [0.25, 0.3) is 10.2 Å². The predicted octanol–water partition coefficient (Wildman–Crippen LogP) is 3.25. The van der Waals surface area contributed by atoms with E-state index in [9.17, 15) is 14.9 Å². The van der Waals surface area contributed by atoms with Gasteiger partial charge in [0.1, 0.15) is 9.71 Å². The molecule has 3 rings (SSSR count). The van der Waals surface area contributed by atoms with Gasteiger partial charge in [-0.3, -0.25) is 9.36 Å². The van der Waals surface area contributed by atoms with Gasteiger partial charge in [-0.05, 0) is 38.0 Å². The lowest BCUT2D eigenvalue weighted by molar-refractivity contribution is 0.0383. The van der Waals surface area contributed by atoms with Crippen LogP contribution in [0.15, 0.2) is 35.4 Å². The topological polar surface area (TPSA) is 85.0 Å². The summed E-state index contributed by atoms with van der Waals surface area (Å²) in [6, 6.07) is 9.25. The quantitative estimate of drug-likeness (QED) is 0.661. The number of benzene rings is 1. The third-order valence-corrected chi connectivity index (χ3v) is 5.10. The Morgan fingerprint density at radius 1 is 1.38 bits per heavy atom. The highest BCUT2D eigenvalue weighted by molar-refractivity contribution is 7.20. The van der Waals surface area contributed by atoms with Gasteiger partial charge in [0, 0.05) is 0 Å². The number of ether oxygens (including phenoxy) is 1. The first kappa shape index (κ1) is 17.8. The molecule has 2 aromatic heterocycles. The van der Waals surface area contributed by atoms with Gasteiger partial charge in [-0.15, -0.1) is 11.3 Å². The number of hydrogen-bond donors (Lipinski definition) is 0. The van der Waals surface area contributed by atoms with Crippen LogP contribution in [0.2, 0.25) is 0 Å². The Kier molecular flexibility index (Phi) is 4.87. The monoisotopic (exact) mass is 367 g/mol. The predicted molar refractivity (Wildman–Crippen MR) is 99.4 cm³/mol. The molecule has 0 aliphatic heterocycles. The lowest BCUT2D eigenvalue weighted by Gasteiger charge is -2.07. The molecule has 7 heteroatoms. The van der Waals surface area contributed by atoms with Crippen molar-refractivity contribution in [3.05, 3.63) is 62.5 Å². The van der Waals surface area contributed by atoms with Crippen molar-refractivity contribution in [1.82, 2.24) is 9.55 Å². The fraction of sp³-hybridized carbons (Fsp3) is 0.263. The van der Waals surface area contributed by atoms with Crippen LogP contribution in [-0.4, -0.2) is 21.6 Å². The Labute approximate surface area is 154 Å². The van der Waals surface area contributed by atoms with E-state index in [0.717, 1.165) is 16.9 Å². The van der Waals surface area contributed by atoms with Crippen molar-refractivity contribution < 1.29 is 9.53 Å². The first-order valence-electron chi connectivity index (χ1n) is 8.10. The van der Waals surface area contributed by atoms with Crippen molar-refractivity contribution in [2.24, 2.45) is 0 Å². The molecule has 132 valence electrons. The van der Waals surface area contributed by atoms with Crippen LogP contribution in [0.1, 0.15) is 40.2 Å². The first-order valence-corrected chi connectivity index (χ1v) is 8.91. The van der Waals surface area contributed by atoms with E-state index >= 15 is 0 Å². The number of aryl methyl sites for hydroxylation is 1. The number of carbonyl (C=O) groups excluding carboxylic acids is 1. The molecule has 0 saturated heterocycles. The number of nitrogens with zero attached hydrogens (tertiary/aromatic N) is 3. The summed E-state index contributed by atoms with van der Waals surface area (Å²) >= 11 is 1.16. The van der Waals surface area contributed by atoms with E-state index in [4.69, 9.17) is 4.74 Å². The molecule has 0 unspecified atom stereocenters. The van der Waals surface area contributed by atoms with Crippen LogP contribution < -0.4 is 5.56 Å².